The predicted octanol–water partition coefficient (Wildman–Crippen LogP) is 3.49. The van der Waals surface area contributed by atoms with E-state index in [1.165, 1.54) is 24.1 Å². The van der Waals surface area contributed by atoms with Crippen molar-refractivity contribution in [3.05, 3.63) is 29.8 Å². The summed E-state index contributed by atoms with van der Waals surface area (Å²) in [6, 6.07) is 8.63. The summed E-state index contributed by atoms with van der Waals surface area (Å²) in [4.78, 5) is 2.45. The van der Waals surface area contributed by atoms with Gasteiger partial charge in [-0.2, -0.15) is 0 Å². The molecule has 0 bridgehead atoms. The van der Waals surface area contributed by atoms with E-state index in [0.717, 1.165) is 39.0 Å². The highest BCUT2D eigenvalue weighted by atomic mass is 16.3. The highest BCUT2D eigenvalue weighted by Crippen LogP contribution is 2.20. The second-order valence-electron chi connectivity index (χ2n) is 6.44. The van der Waals surface area contributed by atoms with E-state index in [-0.39, 0.29) is 6.10 Å². The Labute approximate surface area is 129 Å². The van der Waals surface area contributed by atoms with Crippen LogP contribution in [-0.4, -0.2) is 35.7 Å². The van der Waals surface area contributed by atoms with Crippen molar-refractivity contribution in [1.82, 2.24) is 4.90 Å². The Bertz CT molecular complexity index is 413. The van der Waals surface area contributed by atoms with Crippen LogP contribution in [0.2, 0.25) is 0 Å². The van der Waals surface area contributed by atoms with Crippen LogP contribution in [-0.2, 0) is 6.54 Å². The predicted molar refractivity (Wildman–Crippen MR) is 89.5 cm³/mol. The zero-order valence-corrected chi connectivity index (χ0v) is 13.5. The molecule has 3 heteroatoms. The monoisotopic (exact) mass is 290 g/mol. The molecule has 0 spiro atoms. The largest absolute Gasteiger partial charge is 0.393 e. The molecule has 0 amide bonds. The van der Waals surface area contributed by atoms with Crippen LogP contribution < -0.4 is 5.32 Å². The van der Waals surface area contributed by atoms with Crippen molar-refractivity contribution >= 4 is 5.69 Å². The maximum absolute atomic E-state index is 9.60. The summed E-state index contributed by atoms with van der Waals surface area (Å²) in [6.07, 6.45) is 4.25. The van der Waals surface area contributed by atoms with Gasteiger partial charge in [-0.05, 0) is 36.8 Å². The van der Waals surface area contributed by atoms with Crippen molar-refractivity contribution in [2.45, 2.75) is 52.2 Å². The third-order valence-corrected chi connectivity index (χ3v) is 4.39. The Morgan fingerprint density at radius 1 is 1.29 bits per heavy atom. The lowest BCUT2D eigenvalue weighted by molar-refractivity contribution is 0.0793. The lowest BCUT2D eigenvalue weighted by Crippen LogP contribution is -2.35. The van der Waals surface area contributed by atoms with Crippen LogP contribution in [0.5, 0.6) is 0 Å². The van der Waals surface area contributed by atoms with Gasteiger partial charge in [0.2, 0.25) is 0 Å². The van der Waals surface area contributed by atoms with E-state index in [9.17, 15) is 5.11 Å². The molecule has 3 nitrogen and oxygen atoms in total. The maximum atomic E-state index is 9.60. The van der Waals surface area contributed by atoms with Gasteiger partial charge in [-0.1, -0.05) is 38.5 Å². The molecule has 1 fully saturated rings. The zero-order chi connectivity index (χ0) is 15.1. The van der Waals surface area contributed by atoms with Gasteiger partial charge in [0.15, 0.2) is 0 Å². The quantitative estimate of drug-likeness (QED) is 0.807. The molecule has 2 N–H and O–H groups in total. The number of hydrogen-bond acceptors (Lipinski definition) is 3. The normalized spacial score (nSPS) is 18.6. The van der Waals surface area contributed by atoms with E-state index in [4.69, 9.17) is 0 Å². The average molecular weight is 290 g/mol. The van der Waals surface area contributed by atoms with Crippen molar-refractivity contribution < 1.29 is 5.11 Å². The van der Waals surface area contributed by atoms with E-state index in [1.807, 2.05) is 0 Å². The summed E-state index contributed by atoms with van der Waals surface area (Å²) in [5.41, 5.74) is 2.64. The SMILES string of the molecule is CCCC(C)CNc1ccccc1CN1CCC(O)CC1. The van der Waals surface area contributed by atoms with E-state index < -0.39 is 0 Å². The highest BCUT2D eigenvalue weighted by Gasteiger charge is 2.17. The minimum atomic E-state index is -0.0930. The number of aliphatic hydroxyl groups is 1. The van der Waals surface area contributed by atoms with Gasteiger partial charge in [0.1, 0.15) is 0 Å². The van der Waals surface area contributed by atoms with Gasteiger partial charge in [-0.15, -0.1) is 0 Å². The van der Waals surface area contributed by atoms with Crippen LogP contribution in [0, 0.1) is 5.92 Å². The van der Waals surface area contributed by atoms with E-state index in [0.29, 0.717) is 5.92 Å². The molecule has 2 rings (SSSR count). The number of nitrogens with one attached hydrogen (secondary N) is 1. The molecule has 1 aliphatic heterocycles. The Balaban J connectivity index is 1.90. The number of rotatable bonds is 7. The molecular weight excluding hydrogens is 260 g/mol. The van der Waals surface area contributed by atoms with Crippen molar-refractivity contribution in [2.24, 2.45) is 5.92 Å². The number of benzene rings is 1. The topological polar surface area (TPSA) is 35.5 Å². The van der Waals surface area contributed by atoms with Gasteiger partial charge in [0.05, 0.1) is 6.10 Å². The minimum absolute atomic E-state index is 0.0930. The fraction of sp³-hybridized carbons (Fsp3) is 0.667. The lowest BCUT2D eigenvalue weighted by atomic mass is 10.0. The Morgan fingerprint density at radius 2 is 2.00 bits per heavy atom. The molecule has 0 aromatic heterocycles. The van der Waals surface area contributed by atoms with Crippen LogP contribution in [0.25, 0.3) is 0 Å². The zero-order valence-electron chi connectivity index (χ0n) is 13.5. The molecule has 0 saturated carbocycles. The number of nitrogens with zero attached hydrogens (tertiary/aromatic N) is 1. The van der Waals surface area contributed by atoms with Crippen molar-refractivity contribution in [1.29, 1.82) is 0 Å². The molecule has 1 aromatic carbocycles. The third-order valence-electron chi connectivity index (χ3n) is 4.39. The molecule has 1 aromatic rings. The molecule has 1 heterocycles. The minimum Gasteiger partial charge on any atom is -0.393 e. The molecule has 0 aliphatic carbocycles. The summed E-state index contributed by atoms with van der Waals surface area (Å²) < 4.78 is 0. The van der Waals surface area contributed by atoms with Crippen LogP contribution >= 0.6 is 0 Å². The molecule has 1 unspecified atom stereocenters. The maximum Gasteiger partial charge on any atom is 0.0564 e. The van der Waals surface area contributed by atoms with Gasteiger partial charge in [0, 0.05) is 31.9 Å². The first-order chi connectivity index (χ1) is 10.2. The number of para-hydroxylation sites is 1. The van der Waals surface area contributed by atoms with Gasteiger partial charge in [-0.3, -0.25) is 4.90 Å². The highest BCUT2D eigenvalue weighted by molar-refractivity contribution is 5.51. The van der Waals surface area contributed by atoms with Gasteiger partial charge in [-0.25, -0.2) is 0 Å². The Hall–Kier alpha value is -1.06. The average Bonchev–Trinajstić information content (AvgIpc) is 2.49. The molecule has 1 atom stereocenters. The van der Waals surface area contributed by atoms with Gasteiger partial charge < -0.3 is 10.4 Å². The number of piperidine rings is 1. The summed E-state index contributed by atoms with van der Waals surface area (Å²) in [7, 11) is 0. The van der Waals surface area contributed by atoms with Gasteiger partial charge >= 0.3 is 0 Å². The standard InChI is InChI=1S/C18H30N2O/c1-3-6-15(2)13-19-18-8-5-4-7-16(18)14-20-11-9-17(21)10-12-20/h4-5,7-8,15,17,19,21H,3,6,9-14H2,1-2H3. The van der Waals surface area contributed by atoms with Crippen LogP contribution in [0.4, 0.5) is 5.69 Å². The first kappa shape index (κ1) is 16.3. The Kier molecular flexibility index (Phi) is 6.52. The second kappa shape index (κ2) is 8.40. The first-order valence-corrected chi connectivity index (χ1v) is 8.41. The fourth-order valence-electron chi connectivity index (χ4n) is 3.03. The van der Waals surface area contributed by atoms with Crippen molar-refractivity contribution in [2.75, 3.05) is 25.0 Å². The molecular formula is C18H30N2O. The summed E-state index contributed by atoms with van der Waals surface area (Å²) in [5.74, 6) is 0.716. The van der Waals surface area contributed by atoms with Crippen molar-refractivity contribution in [3.63, 3.8) is 0 Å². The molecule has 21 heavy (non-hydrogen) atoms. The summed E-state index contributed by atoms with van der Waals surface area (Å²) >= 11 is 0. The third kappa shape index (κ3) is 5.33. The van der Waals surface area contributed by atoms with Gasteiger partial charge in [0.25, 0.3) is 0 Å². The van der Waals surface area contributed by atoms with Crippen molar-refractivity contribution in [3.8, 4) is 0 Å². The number of hydrogen-bond donors (Lipinski definition) is 2. The van der Waals surface area contributed by atoms with Crippen LogP contribution in [0.1, 0.15) is 45.1 Å². The molecule has 1 aliphatic rings. The number of likely N-dealkylation sites (tertiary alicyclic amines) is 1. The summed E-state index contributed by atoms with van der Waals surface area (Å²) in [6.45, 7) is 8.59. The van der Waals surface area contributed by atoms with Crippen LogP contribution in [0.3, 0.4) is 0 Å². The molecule has 0 radical (unpaired) electrons. The van der Waals surface area contributed by atoms with E-state index >= 15 is 0 Å². The molecule has 1 saturated heterocycles. The fourth-order valence-corrected chi connectivity index (χ4v) is 3.03. The number of anilines is 1. The smallest absolute Gasteiger partial charge is 0.0564 e. The number of aliphatic hydroxyl groups excluding tert-OH is 1. The van der Waals surface area contributed by atoms with Crippen LogP contribution in [0.15, 0.2) is 24.3 Å². The summed E-state index contributed by atoms with van der Waals surface area (Å²) in [5, 5.41) is 13.2. The molecule has 118 valence electrons. The van der Waals surface area contributed by atoms with E-state index in [2.05, 4.69) is 48.3 Å². The van der Waals surface area contributed by atoms with E-state index in [1.54, 1.807) is 0 Å². The Morgan fingerprint density at radius 3 is 2.71 bits per heavy atom. The second-order valence-corrected chi connectivity index (χ2v) is 6.44. The first-order valence-electron chi connectivity index (χ1n) is 8.41. The lowest BCUT2D eigenvalue weighted by Gasteiger charge is -2.30.